The predicted octanol–water partition coefficient (Wildman–Crippen LogP) is 20.9. The molecule has 0 aliphatic rings. The van der Waals surface area contributed by atoms with E-state index in [0.29, 0.717) is 25.7 Å². The first-order chi connectivity index (χ1) is 44.0. The molecule has 0 bridgehead atoms. The summed E-state index contributed by atoms with van der Waals surface area (Å²) in [4.78, 5) is 72.4. The van der Waals surface area contributed by atoms with Crippen molar-refractivity contribution in [3.05, 3.63) is 0 Å². The van der Waals surface area contributed by atoms with Crippen LogP contribution >= 0.6 is 15.6 Å². The van der Waals surface area contributed by atoms with Crippen LogP contribution in [0.3, 0.4) is 0 Å². The minimum atomic E-state index is -4.95. The summed E-state index contributed by atoms with van der Waals surface area (Å²) >= 11 is 0. The molecule has 0 aliphatic carbocycles. The Morgan fingerprint density at radius 1 is 0.297 bits per heavy atom. The number of hydrogen-bond donors (Lipinski definition) is 3. The van der Waals surface area contributed by atoms with Gasteiger partial charge in [-0.1, -0.05) is 324 Å². The third kappa shape index (κ3) is 66.5. The molecular weight excluding hydrogens is 1200 g/mol. The van der Waals surface area contributed by atoms with Gasteiger partial charge >= 0.3 is 39.5 Å². The van der Waals surface area contributed by atoms with E-state index in [0.717, 1.165) is 102 Å². The summed E-state index contributed by atoms with van der Waals surface area (Å²) in [5.74, 6) is -1.34. The number of carbonyl (C=O) groups excluding carboxylic acids is 4. The molecule has 540 valence electrons. The zero-order valence-corrected chi connectivity index (χ0v) is 60.8. The Labute approximate surface area is 556 Å². The van der Waals surface area contributed by atoms with E-state index in [1.54, 1.807) is 0 Å². The number of carbonyl (C=O) groups is 4. The van der Waals surface area contributed by atoms with Gasteiger partial charge in [-0.15, -0.1) is 0 Å². The van der Waals surface area contributed by atoms with Crippen molar-refractivity contribution < 1.29 is 80.2 Å². The van der Waals surface area contributed by atoms with Crippen molar-refractivity contribution in [3.63, 3.8) is 0 Å². The van der Waals surface area contributed by atoms with Gasteiger partial charge in [0.2, 0.25) is 0 Å². The maximum atomic E-state index is 13.0. The smallest absolute Gasteiger partial charge is 0.462 e. The molecule has 0 aromatic heterocycles. The van der Waals surface area contributed by atoms with E-state index < -0.39 is 97.5 Å². The number of phosphoric acid groups is 2. The molecule has 2 unspecified atom stereocenters. The first-order valence-electron chi connectivity index (χ1n) is 37.6. The van der Waals surface area contributed by atoms with Crippen LogP contribution < -0.4 is 0 Å². The molecule has 0 aromatic rings. The van der Waals surface area contributed by atoms with E-state index in [2.05, 4.69) is 34.6 Å². The van der Waals surface area contributed by atoms with Crippen molar-refractivity contribution in [1.29, 1.82) is 0 Å². The third-order valence-corrected chi connectivity index (χ3v) is 18.7. The van der Waals surface area contributed by atoms with Crippen molar-refractivity contribution >= 4 is 39.5 Å². The lowest BCUT2D eigenvalue weighted by molar-refractivity contribution is -0.161. The van der Waals surface area contributed by atoms with E-state index in [4.69, 9.17) is 37.0 Å². The Balaban J connectivity index is 5.15. The second-order valence-electron chi connectivity index (χ2n) is 26.5. The maximum Gasteiger partial charge on any atom is 0.472 e. The van der Waals surface area contributed by atoms with Crippen LogP contribution in [0.4, 0.5) is 0 Å². The quantitative estimate of drug-likeness (QED) is 0.0222. The highest BCUT2D eigenvalue weighted by atomic mass is 31.2. The normalized spacial score (nSPS) is 14.0. The van der Waals surface area contributed by atoms with E-state index in [9.17, 15) is 43.2 Å². The number of rotatable bonds is 72. The highest BCUT2D eigenvalue weighted by Gasteiger charge is 2.30. The number of esters is 4. The third-order valence-electron chi connectivity index (χ3n) is 16.8. The number of phosphoric ester groups is 2. The average molecular weight is 1340 g/mol. The number of unbranched alkanes of at least 4 members (excludes halogenated alkanes) is 44. The minimum Gasteiger partial charge on any atom is -0.462 e. The molecule has 19 heteroatoms. The van der Waals surface area contributed by atoms with Gasteiger partial charge in [-0.3, -0.25) is 37.3 Å². The Kier molecular flexibility index (Phi) is 64.0. The van der Waals surface area contributed by atoms with Gasteiger partial charge in [0.1, 0.15) is 19.3 Å². The first-order valence-corrected chi connectivity index (χ1v) is 40.6. The standard InChI is InChI=1S/C72H140O17P2/c1-6-9-12-15-17-19-21-23-24-25-26-30-35-39-43-48-53-58-72(77)89-68(62-83-70(75)56-51-46-41-37-33-31-27-29-32-36-40-45-49-54-65(4)5)64-87-91(80,81)85-60-66(73)59-84-90(78,79)86-63-67(61-82-69(74)55-50-44-14-11-8-3)88-71(76)57-52-47-42-38-34-28-22-20-18-16-13-10-7-2/h65-68,73H,6-64H2,1-5H3,(H,78,79)(H,80,81)/t66-,67+,68+/m0/s1. The van der Waals surface area contributed by atoms with Crippen molar-refractivity contribution in [3.8, 4) is 0 Å². The minimum absolute atomic E-state index is 0.107. The monoisotopic (exact) mass is 1340 g/mol. The molecule has 0 saturated heterocycles. The Morgan fingerprint density at radius 2 is 0.505 bits per heavy atom. The highest BCUT2D eigenvalue weighted by molar-refractivity contribution is 7.47. The molecule has 17 nitrogen and oxygen atoms in total. The van der Waals surface area contributed by atoms with Crippen LogP contribution in [0.15, 0.2) is 0 Å². The molecule has 3 N–H and O–H groups in total. The van der Waals surface area contributed by atoms with E-state index in [1.165, 1.54) is 193 Å². The van der Waals surface area contributed by atoms with Gasteiger partial charge in [0.25, 0.3) is 0 Å². The summed E-state index contributed by atoms with van der Waals surface area (Å²) in [5, 5.41) is 10.6. The van der Waals surface area contributed by atoms with Crippen molar-refractivity contribution in [2.75, 3.05) is 39.6 Å². The summed E-state index contributed by atoms with van der Waals surface area (Å²) < 4.78 is 68.2. The molecule has 0 radical (unpaired) electrons. The molecule has 0 aliphatic heterocycles. The van der Waals surface area contributed by atoms with Crippen molar-refractivity contribution in [2.45, 2.75) is 393 Å². The lowest BCUT2D eigenvalue weighted by Gasteiger charge is -2.21. The van der Waals surface area contributed by atoms with Crippen LogP contribution in [0.25, 0.3) is 0 Å². The SMILES string of the molecule is CCCCCCCCCCCCCCCCCCCC(=O)O[C@H](COC(=O)CCCCCCCCCCCCCCCC(C)C)COP(=O)(O)OC[C@@H](O)COP(=O)(O)OC[C@@H](COC(=O)CCCCCCC)OC(=O)CCCCCCCCCCCCCCC. The lowest BCUT2D eigenvalue weighted by Crippen LogP contribution is -2.30. The van der Waals surface area contributed by atoms with Gasteiger partial charge in [-0.2, -0.15) is 0 Å². The van der Waals surface area contributed by atoms with Gasteiger partial charge in [-0.25, -0.2) is 9.13 Å². The molecule has 91 heavy (non-hydrogen) atoms. The molecule has 5 atom stereocenters. The summed E-state index contributed by atoms with van der Waals surface area (Å²) in [5.41, 5.74) is 0. The summed E-state index contributed by atoms with van der Waals surface area (Å²) in [6.45, 7) is 7.20. The lowest BCUT2D eigenvalue weighted by atomic mass is 10.0. The van der Waals surface area contributed by atoms with Crippen molar-refractivity contribution in [1.82, 2.24) is 0 Å². The van der Waals surface area contributed by atoms with Gasteiger partial charge in [0, 0.05) is 25.7 Å². The fourth-order valence-corrected chi connectivity index (χ4v) is 12.6. The summed E-state index contributed by atoms with van der Waals surface area (Å²) in [6, 6.07) is 0. The van der Waals surface area contributed by atoms with E-state index in [1.807, 2.05) is 0 Å². The zero-order valence-electron chi connectivity index (χ0n) is 59.0. The van der Waals surface area contributed by atoms with E-state index >= 15 is 0 Å². The maximum absolute atomic E-state index is 13.0. The van der Waals surface area contributed by atoms with Crippen LogP contribution in [0, 0.1) is 5.92 Å². The second kappa shape index (κ2) is 65.4. The van der Waals surface area contributed by atoms with Crippen LogP contribution in [0.5, 0.6) is 0 Å². The molecule has 0 saturated carbocycles. The van der Waals surface area contributed by atoms with Crippen LogP contribution in [-0.2, 0) is 65.4 Å². The number of aliphatic hydroxyl groups excluding tert-OH is 1. The molecular formula is C72H140O17P2. The predicted molar refractivity (Wildman–Crippen MR) is 368 cm³/mol. The van der Waals surface area contributed by atoms with Gasteiger partial charge in [0.15, 0.2) is 12.2 Å². The fraction of sp³-hybridized carbons (Fsp3) is 0.944. The largest absolute Gasteiger partial charge is 0.472 e. The number of ether oxygens (including phenoxy) is 4. The van der Waals surface area contributed by atoms with Gasteiger partial charge in [-0.05, 0) is 31.6 Å². The topological polar surface area (TPSA) is 237 Å². The van der Waals surface area contributed by atoms with Crippen LogP contribution in [0.2, 0.25) is 0 Å². The van der Waals surface area contributed by atoms with Crippen molar-refractivity contribution in [2.24, 2.45) is 5.92 Å². The number of aliphatic hydroxyl groups is 1. The fourth-order valence-electron chi connectivity index (χ4n) is 11.0. The molecule has 0 rings (SSSR count). The second-order valence-corrected chi connectivity index (χ2v) is 29.4. The number of hydrogen-bond acceptors (Lipinski definition) is 15. The molecule has 0 heterocycles. The Bertz CT molecular complexity index is 1750. The molecule has 0 aromatic carbocycles. The Morgan fingerprint density at radius 3 is 0.747 bits per heavy atom. The molecule has 0 spiro atoms. The van der Waals surface area contributed by atoms with Gasteiger partial charge in [0.05, 0.1) is 26.4 Å². The zero-order chi connectivity index (χ0) is 67.0. The van der Waals surface area contributed by atoms with E-state index in [-0.39, 0.29) is 25.7 Å². The summed E-state index contributed by atoms with van der Waals surface area (Å²) in [7, 11) is -9.89. The average Bonchev–Trinajstić information content (AvgIpc) is 3.72. The molecule has 0 amide bonds. The van der Waals surface area contributed by atoms with Crippen LogP contribution in [0.1, 0.15) is 375 Å². The summed E-state index contributed by atoms with van der Waals surface area (Å²) in [6.07, 6.45) is 53.0. The van der Waals surface area contributed by atoms with Crippen LogP contribution in [-0.4, -0.2) is 96.7 Å². The Hall–Kier alpha value is -1.94. The highest BCUT2D eigenvalue weighted by Crippen LogP contribution is 2.45. The first kappa shape index (κ1) is 89.1. The van der Waals surface area contributed by atoms with Gasteiger partial charge < -0.3 is 33.8 Å². The molecule has 0 fully saturated rings.